The van der Waals surface area contributed by atoms with E-state index in [1.165, 1.54) is 36.8 Å². The summed E-state index contributed by atoms with van der Waals surface area (Å²) in [7, 11) is 0. The predicted molar refractivity (Wildman–Crippen MR) is 86.1 cm³/mol. The van der Waals surface area contributed by atoms with Gasteiger partial charge in [0.2, 0.25) is 0 Å². The van der Waals surface area contributed by atoms with Gasteiger partial charge in [-0.2, -0.15) is 0 Å². The molecule has 1 saturated carbocycles. The lowest BCUT2D eigenvalue weighted by molar-refractivity contribution is 0.0341. The largest absolute Gasteiger partial charge is 0.379 e. The molecule has 0 aromatic heterocycles. The van der Waals surface area contributed by atoms with E-state index < -0.39 is 0 Å². The van der Waals surface area contributed by atoms with Crippen LogP contribution >= 0.6 is 0 Å². The molecule has 1 saturated heterocycles. The number of morpholine rings is 1. The van der Waals surface area contributed by atoms with E-state index in [4.69, 9.17) is 10.5 Å². The summed E-state index contributed by atoms with van der Waals surface area (Å²) in [6, 6.07) is 9.00. The van der Waals surface area contributed by atoms with Gasteiger partial charge in [-0.05, 0) is 24.0 Å². The normalized spacial score (nSPS) is 23.7. The van der Waals surface area contributed by atoms with Gasteiger partial charge in [0.05, 0.1) is 13.2 Å². The molecule has 3 heteroatoms. The minimum absolute atomic E-state index is 0.0997. The second-order valence-corrected chi connectivity index (χ2v) is 6.66. The van der Waals surface area contributed by atoms with Crippen molar-refractivity contribution in [1.29, 1.82) is 0 Å². The summed E-state index contributed by atoms with van der Waals surface area (Å²) in [4.78, 5) is 2.47. The molecule has 2 aliphatic rings. The third-order valence-electron chi connectivity index (χ3n) is 5.01. The van der Waals surface area contributed by atoms with Crippen LogP contribution in [0.15, 0.2) is 24.3 Å². The Labute approximate surface area is 128 Å². The topological polar surface area (TPSA) is 38.5 Å². The van der Waals surface area contributed by atoms with Crippen LogP contribution in [0.5, 0.6) is 0 Å². The second kappa shape index (κ2) is 6.91. The fourth-order valence-electron chi connectivity index (χ4n) is 3.64. The molecule has 0 amide bonds. The molecular weight excluding hydrogens is 260 g/mol. The highest BCUT2D eigenvalue weighted by Gasteiger charge is 2.28. The maximum Gasteiger partial charge on any atom is 0.0594 e. The first-order valence-electron chi connectivity index (χ1n) is 8.45. The molecule has 116 valence electrons. The van der Waals surface area contributed by atoms with Gasteiger partial charge < -0.3 is 10.5 Å². The first-order chi connectivity index (χ1) is 10.3. The summed E-state index contributed by atoms with van der Waals surface area (Å²) in [5, 5.41) is 0. The molecule has 0 bridgehead atoms. The van der Waals surface area contributed by atoms with Gasteiger partial charge >= 0.3 is 0 Å². The van der Waals surface area contributed by atoms with Crippen molar-refractivity contribution < 1.29 is 4.74 Å². The van der Waals surface area contributed by atoms with E-state index in [9.17, 15) is 0 Å². The number of benzene rings is 1. The van der Waals surface area contributed by atoms with Gasteiger partial charge in [-0.3, -0.25) is 4.90 Å². The Hall–Kier alpha value is -0.900. The lowest BCUT2D eigenvalue weighted by Crippen LogP contribution is -2.37. The number of nitrogens with two attached hydrogens (primary N) is 1. The average Bonchev–Trinajstić information content (AvgIpc) is 2.74. The van der Waals surface area contributed by atoms with E-state index in [-0.39, 0.29) is 5.54 Å². The molecular formula is C18H28N2O. The highest BCUT2D eigenvalue weighted by molar-refractivity contribution is 5.29. The summed E-state index contributed by atoms with van der Waals surface area (Å²) in [6.45, 7) is 4.82. The quantitative estimate of drug-likeness (QED) is 0.869. The third-order valence-corrected chi connectivity index (χ3v) is 5.01. The Morgan fingerprint density at radius 1 is 1.05 bits per heavy atom. The molecule has 0 unspecified atom stereocenters. The number of ether oxygens (including phenoxy) is 1. The van der Waals surface area contributed by atoms with Crippen molar-refractivity contribution in [2.75, 3.05) is 26.3 Å². The number of hydrogen-bond acceptors (Lipinski definition) is 3. The first-order valence-corrected chi connectivity index (χ1v) is 8.45. The summed E-state index contributed by atoms with van der Waals surface area (Å²) in [5.74, 6) is 0. The maximum absolute atomic E-state index is 6.75. The Bertz CT molecular complexity index is 446. The molecule has 2 N–H and O–H groups in total. The van der Waals surface area contributed by atoms with Crippen molar-refractivity contribution >= 4 is 0 Å². The van der Waals surface area contributed by atoms with E-state index in [1.54, 1.807) is 0 Å². The smallest absolute Gasteiger partial charge is 0.0594 e. The van der Waals surface area contributed by atoms with Crippen LogP contribution < -0.4 is 5.73 Å². The monoisotopic (exact) mass is 288 g/mol. The van der Waals surface area contributed by atoms with Crippen LogP contribution in [-0.2, 0) is 16.8 Å². The maximum atomic E-state index is 6.75. The van der Waals surface area contributed by atoms with Crippen LogP contribution in [0, 0.1) is 0 Å². The third kappa shape index (κ3) is 3.85. The summed E-state index contributed by atoms with van der Waals surface area (Å²) >= 11 is 0. The Morgan fingerprint density at radius 2 is 1.76 bits per heavy atom. The van der Waals surface area contributed by atoms with Gasteiger partial charge in [0.1, 0.15) is 0 Å². The second-order valence-electron chi connectivity index (χ2n) is 6.66. The SMILES string of the molecule is NC1(c2cccc(CN3CCOCC3)c2)CCCCCC1. The van der Waals surface area contributed by atoms with Crippen LogP contribution in [0.2, 0.25) is 0 Å². The molecule has 1 aliphatic heterocycles. The van der Waals surface area contributed by atoms with E-state index >= 15 is 0 Å². The summed E-state index contributed by atoms with van der Waals surface area (Å²) in [6.07, 6.45) is 7.48. The molecule has 1 heterocycles. The van der Waals surface area contributed by atoms with Crippen molar-refractivity contribution in [3.63, 3.8) is 0 Å². The Kier molecular flexibility index (Phi) is 4.94. The fraction of sp³-hybridized carbons (Fsp3) is 0.667. The summed E-state index contributed by atoms with van der Waals surface area (Å²) < 4.78 is 5.42. The van der Waals surface area contributed by atoms with Crippen LogP contribution in [0.1, 0.15) is 49.7 Å². The average molecular weight is 288 g/mol. The van der Waals surface area contributed by atoms with Crippen molar-refractivity contribution in [1.82, 2.24) is 4.90 Å². The fourth-order valence-corrected chi connectivity index (χ4v) is 3.64. The molecule has 0 spiro atoms. The number of nitrogens with zero attached hydrogens (tertiary/aromatic N) is 1. The van der Waals surface area contributed by atoms with Crippen molar-refractivity contribution in [3.05, 3.63) is 35.4 Å². The molecule has 1 aliphatic carbocycles. The standard InChI is InChI=1S/C18H28N2O/c19-18(8-3-1-2-4-9-18)17-7-5-6-16(14-17)15-20-10-12-21-13-11-20/h5-7,14H,1-4,8-13,15,19H2. The molecule has 1 aromatic carbocycles. The Morgan fingerprint density at radius 3 is 2.48 bits per heavy atom. The highest BCUT2D eigenvalue weighted by atomic mass is 16.5. The van der Waals surface area contributed by atoms with Crippen molar-refractivity contribution in [2.45, 2.75) is 50.6 Å². The van der Waals surface area contributed by atoms with Crippen LogP contribution in [0.3, 0.4) is 0 Å². The number of rotatable bonds is 3. The first kappa shape index (κ1) is 15.0. The number of hydrogen-bond donors (Lipinski definition) is 1. The molecule has 0 atom stereocenters. The highest BCUT2D eigenvalue weighted by Crippen LogP contribution is 2.34. The molecule has 21 heavy (non-hydrogen) atoms. The zero-order valence-electron chi connectivity index (χ0n) is 13.0. The lowest BCUT2D eigenvalue weighted by Gasteiger charge is -2.30. The predicted octanol–water partition coefficient (Wildman–Crippen LogP) is 3.03. The van der Waals surface area contributed by atoms with Crippen molar-refractivity contribution in [2.24, 2.45) is 5.73 Å². The molecule has 3 rings (SSSR count). The van der Waals surface area contributed by atoms with Crippen molar-refractivity contribution in [3.8, 4) is 0 Å². The van der Waals surface area contributed by atoms with Gasteiger partial charge in [-0.25, -0.2) is 0 Å². The lowest BCUT2D eigenvalue weighted by atomic mass is 9.83. The van der Waals surface area contributed by atoms with Crippen LogP contribution in [0.25, 0.3) is 0 Å². The minimum Gasteiger partial charge on any atom is -0.379 e. The van der Waals surface area contributed by atoms with E-state index in [0.717, 1.165) is 45.7 Å². The van der Waals surface area contributed by atoms with Gasteiger partial charge in [-0.15, -0.1) is 0 Å². The summed E-state index contributed by atoms with van der Waals surface area (Å²) in [5.41, 5.74) is 9.38. The van der Waals surface area contributed by atoms with Gasteiger partial charge in [0, 0.05) is 25.2 Å². The van der Waals surface area contributed by atoms with E-state index in [2.05, 4.69) is 29.2 Å². The van der Waals surface area contributed by atoms with E-state index in [1.807, 2.05) is 0 Å². The van der Waals surface area contributed by atoms with Gasteiger partial charge in [0.15, 0.2) is 0 Å². The Balaban J connectivity index is 1.72. The minimum atomic E-state index is -0.0997. The molecule has 2 fully saturated rings. The van der Waals surface area contributed by atoms with Crippen LogP contribution in [0.4, 0.5) is 0 Å². The molecule has 3 nitrogen and oxygen atoms in total. The van der Waals surface area contributed by atoms with Crippen LogP contribution in [-0.4, -0.2) is 31.2 Å². The van der Waals surface area contributed by atoms with Gasteiger partial charge in [0.25, 0.3) is 0 Å². The molecule has 1 aromatic rings. The van der Waals surface area contributed by atoms with E-state index in [0.29, 0.717) is 0 Å². The zero-order valence-corrected chi connectivity index (χ0v) is 13.0. The zero-order chi connectivity index (χ0) is 14.5. The molecule has 0 radical (unpaired) electrons. The van der Waals surface area contributed by atoms with Gasteiger partial charge in [-0.1, -0.05) is 49.9 Å².